The lowest BCUT2D eigenvalue weighted by Gasteiger charge is -2.35. The third kappa shape index (κ3) is 2.70. The molecule has 1 fully saturated rings. The number of carbonyl (C=O) groups excluding carboxylic acids is 3. The molecule has 1 amide bonds. The summed E-state index contributed by atoms with van der Waals surface area (Å²) in [4.78, 5) is 40.3. The standard InChI is InChI=1S/C21H15NO5S/c23-17-11-12-10-16(28-13-6-2-1-3-7-13)18(22(12)17)20(25)27-21-15-9-5-4-8-14(15)19(24)26-21/h1-9,12,21H,10-11H2. The van der Waals surface area contributed by atoms with Gasteiger partial charge in [0.2, 0.25) is 5.91 Å². The molecule has 2 atom stereocenters. The van der Waals surface area contributed by atoms with Crippen molar-refractivity contribution >= 4 is 29.6 Å². The summed E-state index contributed by atoms with van der Waals surface area (Å²) in [6.07, 6.45) is -0.0460. The van der Waals surface area contributed by atoms with Crippen LogP contribution in [0, 0.1) is 0 Å². The molecule has 0 saturated carbocycles. The van der Waals surface area contributed by atoms with Crippen LogP contribution in [0.25, 0.3) is 0 Å². The largest absolute Gasteiger partial charge is 0.417 e. The van der Waals surface area contributed by atoms with Gasteiger partial charge in [0.1, 0.15) is 5.70 Å². The van der Waals surface area contributed by atoms with Crippen molar-refractivity contribution in [3.05, 3.63) is 76.3 Å². The van der Waals surface area contributed by atoms with Crippen LogP contribution in [-0.4, -0.2) is 28.8 Å². The van der Waals surface area contributed by atoms with Crippen molar-refractivity contribution in [2.75, 3.05) is 0 Å². The van der Waals surface area contributed by atoms with Crippen LogP contribution in [0.4, 0.5) is 0 Å². The number of benzene rings is 2. The fourth-order valence-electron chi connectivity index (χ4n) is 3.68. The normalized spacial score (nSPS) is 22.5. The molecule has 2 aromatic rings. The number of hydrogen-bond donors (Lipinski definition) is 0. The Morgan fingerprint density at radius 3 is 2.57 bits per heavy atom. The number of hydrogen-bond acceptors (Lipinski definition) is 6. The van der Waals surface area contributed by atoms with E-state index in [1.165, 1.54) is 16.7 Å². The van der Waals surface area contributed by atoms with Gasteiger partial charge in [-0.05, 0) is 18.2 Å². The van der Waals surface area contributed by atoms with E-state index in [-0.39, 0.29) is 17.6 Å². The van der Waals surface area contributed by atoms with Crippen molar-refractivity contribution in [2.24, 2.45) is 0 Å². The van der Waals surface area contributed by atoms with Crippen molar-refractivity contribution in [3.8, 4) is 0 Å². The fourth-order valence-corrected chi connectivity index (χ4v) is 4.82. The number of thioether (sulfide) groups is 1. The van der Waals surface area contributed by atoms with E-state index in [9.17, 15) is 14.4 Å². The number of rotatable bonds is 4. The van der Waals surface area contributed by atoms with Gasteiger partial charge in [-0.1, -0.05) is 48.2 Å². The maximum Gasteiger partial charge on any atom is 0.359 e. The van der Waals surface area contributed by atoms with Gasteiger partial charge >= 0.3 is 11.9 Å². The van der Waals surface area contributed by atoms with Gasteiger partial charge in [-0.25, -0.2) is 9.59 Å². The van der Waals surface area contributed by atoms with Crippen LogP contribution in [0.3, 0.4) is 0 Å². The number of ether oxygens (including phenoxy) is 2. The molecule has 2 unspecified atom stereocenters. The lowest BCUT2D eigenvalue weighted by atomic mass is 10.0. The zero-order valence-corrected chi connectivity index (χ0v) is 15.5. The molecule has 0 N–H and O–H groups in total. The smallest absolute Gasteiger partial charge is 0.359 e. The molecular formula is C21H15NO5S. The van der Waals surface area contributed by atoms with Gasteiger partial charge in [-0.15, -0.1) is 0 Å². The van der Waals surface area contributed by atoms with Gasteiger partial charge in [0.25, 0.3) is 6.29 Å². The number of β-lactam (4-membered cyclic amide) rings is 1. The third-order valence-electron chi connectivity index (χ3n) is 5.01. The van der Waals surface area contributed by atoms with Crippen LogP contribution >= 0.6 is 11.8 Å². The Morgan fingerprint density at radius 2 is 1.79 bits per heavy atom. The number of esters is 2. The van der Waals surface area contributed by atoms with E-state index < -0.39 is 18.2 Å². The van der Waals surface area contributed by atoms with Crippen molar-refractivity contribution in [1.29, 1.82) is 0 Å². The second-order valence-corrected chi connectivity index (χ2v) is 7.91. The quantitative estimate of drug-likeness (QED) is 0.586. The van der Waals surface area contributed by atoms with Gasteiger partial charge in [0, 0.05) is 28.2 Å². The average Bonchev–Trinajstić information content (AvgIpc) is 3.17. The molecule has 2 aromatic carbocycles. The Balaban J connectivity index is 1.43. The molecule has 140 valence electrons. The molecule has 7 heteroatoms. The van der Waals surface area contributed by atoms with E-state index in [1.807, 2.05) is 30.3 Å². The molecule has 28 heavy (non-hydrogen) atoms. The molecule has 5 rings (SSSR count). The first-order valence-corrected chi connectivity index (χ1v) is 9.72. The number of fused-ring (bicyclic) bond motifs is 2. The highest BCUT2D eigenvalue weighted by Crippen LogP contribution is 2.46. The Labute approximate surface area is 165 Å². The molecule has 0 radical (unpaired) electrons. The van der Waals surface area contributed by atoms with Crippen molar-refractivity contribution in [1.82, 2.24) is 4.90 Å². The molecule has 0 bridgehead atoms. The summed E-state index contributed by atoms with van der Waals surface area (Å²) in [5, 5.41) is 0. The van der Waals surface area contributed by atoms with Gasteiger partial charge in [-0.3, -0.25) is 4.79 Å². The maximum absolute atomic E-state index is 13.0. The SMILES string of the molecule is O=C(OC1OC(=O)c2ccccc21)C1=C(Sc2ccccc2)CC2CC(=O)N12. The summed E-state index contributed by atoms with van der Waals surface area (Å²) in [5.41, 5.74) is 1.16. The van der Waals surface area contributed by atoms with Gasteiger partial charge in [0.15, 0.2) is 0 Å². The Morgan fingerprint density at radius 1 is 1.04 bits per heavy atom. The molecular weight excluding hydrogens is 378 g/mol. The van der Waals surface area contributed by atoms with Gasteiger partial charge in [-0.2, -0.15) is 0 Å². The second kappa shape index (κ2) is 6.53. The van der Waals surface area contributed by atoms with Crippen LogP contribution in [0.1, 0.15) is 35.1 Å². The molecule has 3 aliphatic heterocycles. The Hall–Kier alpha value is -3.06. The Kier molecular flexibility index (Phi) is 3.98. The minimum Gasteiger partial charge on any atom is -0.417 e. The summed E-state index contributed by atoms with van der Waals surface area (Å²) in [6.45, 7) is 0. The summed E-state index contributed by atoms with van der Waals surface area (Å²) in [5.74, 6) is -1.27. The Bertz CT molecular complexity index is 1030. The molecule has 3 heterocycles. The number of nitrogens with zero attached hydrogens (tertiary/aromatic N) is 1. The number of amides is 1. The van der Waals surface area contributed by atoms with E-state index in [0.29, 0.717) is 24.0 Å². The fraction of sp³-hybridized carbons (Fsp3) is 0.190. The summed E-state index contributed by atoms with van der Waals surface area (Å²) in [7, 11) is 0. The van der Waals surface area contributed by atoms with Crippen LogP contribution in [0.15, 0.2) is 70.1 Å². The summed E-state index contributed by atoms with van der Waals surface area (Å²) < 4.78 is 10.7. The molecule has 0 aliphatic carbocycles. The van der Waals surface area contributed by atoms with Crippen molar-refractivity contribution < 1.29 is 23.9 Å². The van der Waals surface area contributed by atoms with Crippen LogP contribution in [0.5, 0.6) is 0 Å². The van der Waals surface area contributed by atoms with E-state index in [4.69, 9.17) is 9.47 Å². The lowest BCUT2D eigenvalue weighted by molar-refractivity contribution is -0.168. The molecule has 6 nitrogen and oxygen atoms in total. The van der Waals surface area contributed by atoms with Crippen LogP contribution < -0.4 is 0 Å². The summed E-state index contributed by atoms with van der Waals surface area (Å²) >= 11 is 1.46. The van der Waals surface area contributed by atoms with E-state index in [1.54, 1.807) is 24.3 Å². The minimum atomic E-state index is -1.10. The summed E-state index contributed by atoms with van der Waals surface area (Å²) in [6, 6.07) is 16.5. The highest BCUT2D eigenvalue weighted by Gasteiger charge is 2.49. The van der Waals surface area contributed by atoms with Gasteiger partial charge < -0.3 is 14.4 Å². The third-order valence-corrected chi connectivity index (χ3v) is 6.12. The van der Waals surface area contributed by atoms with Crippen molar-refractivity contribution in [2.45, 2.75) is 30.1 Å². The zero-order chi connectivity index (χ0) is 19.3. The molecule has 0 aromatic heterocycles. The van der Waals surface area contributed by atoms with E-state index >= 15 is 0 Å². The molecule has 0 spiro atoms. The highest BCUT2D eigenvalue weighted by molar-refractivity contribution is 8.03. The molecule has 1 saturated heterocycles. The van der Waals surface area contributed by atoms with Gasteiger partial charge in [0.05, 0.1) is 11.6 Å². The van der Waals surface area contributed by atoms with Crippen LogP contribution in [0.2, 0.25) is 0 Å². The average molecular weight is 393 g/mol. The molecule has 3 aliphatic rings. The minimum absolute atomic E-state index is 0.000299. The predicted molar refractivity (Wildman–Crippen MR) is 99.9 cm³/mol. The van der Waals surface area contributed by atoms with Crippen molar-refractivity contribution in [3.63, 3.8) is 0 Å². The topological polar surface area (TPSA) is 72.9 Å². The highest BCUT2D eigenvalue weighted by atomic mass is 32.2. The first kappa shape index (κ1) is 17.1. The van der Waals surface area contributed by atoms with E-state index in [2.05, 4.69) is 0 Å². The first-order chi connectivity index (χ1) is 13.6. The first-order valence-electron chi connectivity index (χ1n) is 8.91. The van der Waals surface area contributed by atoms with E-state index in [0.717, 1.165) is 9.80 Å². The number of cyclic esters (lactones) is 1. The second-order valence-electron chi connectivity index (χ2n) is 6.74. The van der Waals surface area contributed by atoms with Crippen LogP contribution in [-0.2, 0) is 19.1 Å². The monoisotopic (exact) mass is 393 g/mol. The zero-order valence-electron chi connectivity index (χ0n) is 14.7. The lowest BCUT2D eigenvalue weighted by Crippen LogP contribution is -2.49. The number of carbonyl (C=O) groups is 3. The maximum atomic E-state index is 13.0. The predicted octanol–water partition coefficient (Wildman–Crippen LogP) is 3.41.